The topological polar surface area (TPSA) is 64.4 Å². The van der Waals surface area contributed by atoms with Gasteiger partial charge in [-0.3, -0.25) is 4.68 Å². The Kier molecular flexibility index (Phi) is 4.82. The zero-order valence-electron chi connectivity index (χ0n) is 12.4. The summed E-state index contributed by atoms with van der Waals surface area (Å²) in [6.45, 7) is 3.23. The van der Waals surface area contributed by atoms with Gasteiger partial charge in [-0.25, -0.2) is 8.42 Å². The summed E-state index contributed by atoms with van der Waals surface area (Å²) in [5, 5.41) is 3.81. The van der Waals surface area contributed by atoms with Crippen molar-refractivity contribution in [3.8, 4) is 0 Å². The molecule has 1 unspecified atom stereocenters. The van der Waals surface area contributed by atoms with E-state index in [1.807, 2.05) is 11.7 Å². The molecule has 7 heteroatoms. The maximum Gasteiger partial charge on any atom is 0.217 e. The van der Waals surface area contributed by atoms with Crippen LogP contribution in [0, 0.1) is 0 Å². The van der Waals surface area contributed by atoms with Crippen LogP contribution in [0.25, 0.3) is 0 Å². The standard InChI is InChI=1S/C13H23N3O3S/c1-11(6-8-19-3)20(17,18)16-7-4-5-13-12(10-16)9-14-15(13)2/h9,11H,4-8,10H2,1-3H3. The number of ether oxygens (including phenoxy) is 1. The van der Waals surface area contributed by atoms with Crippen LogP contribution in [0.5, 0.6) is 0 Å². The number of rotatable bonds is 5. The van der Waals surface area contributed by atoms with Crippen molar-refractivity contribution in [2.45, 2.75) is 38.0 Å². The Bertz CT molecular complexity index is 553. The number of methoxy groups -OCH3 is 1. The Morgan fingerprint density at radius 1 is 1.50 bits per heavy atom. The second-order valence-corrected chi connectivity index (χ2v) is 7.67. The monoisotopic (exact) mass is 301 g/mol. The summed E-state index contributed by atoms with van der Waals surface area (Å²) in [4.78, 5) is 0. The van der Waals surface area contributed by atoms with Crippen molar-refractivity contribution in [2.24, 2.45) is 7.05 Å². The average molecular weight is 301 g/mol. The number of fused-ring (bicyclic) bond motifs is 1. The first-order chi connectivity index (χ1) is 9.46. The molecule has 1 aliphatic rings. The van der Waals surface area contributed by atoms with E-state index in [4.69, 9.17) is 4.74 Å². The molecule has 0 fully saturated rings. The second kappa shape index (κ2) is 6.24. The zero-order valence-corrected chi connectivity index (χ0v) is 13.2. The van der Waals surface area contributed by atoms with E-state index >= 15 is 0 Å². The Labute approximate surface area is 120 Å². The first-order valence-electron chi connectivity index (χ1n) is 6.94. The van der Waals surface area contributed by atoms with Crippen molar-refractivity contribution in [2.75, 3.05) is 20.3 Å². The molecular weight excluding hydrogens is 278 g/mol. The summed E-state index contributed by atoms with van der Waals surface area (Å²) < 4.78 is 33.6. The van der Waals surface area contributed by atoms with Gasteiger partial charge in [-0.2, -0.15) is 9.40 Å². The van der Waals surface area contributed by atoms with E-state index in [1.54, 1.807) is 24.5 Å². The molecule has 2 heterocycles. The molecule has 1 atom stereocenters. The minimum absolute atomic E-state index is 0.416. The van der Waals surface area contributed by atoms with Gasteiger partial charge in [0.15, 0.2) is 0 Å². The molecule has 0 aliphatic carbocycles. The molecule has 20 heavy (non-hydrogen) atoms. The van der Waals surface area contributed by atoms with Gasteiger partial charge in [-0.15, -0.1) is 0 Å². The molecule has 6 nitrogen and oxygen atoms in total. The maximum absolute atomic E-state index is 12.6. The van der Waals surface area contributed by atoms with Crippen LogP contribution < -0.4 is 0 Å². The third-order valence-electron chi connectivity index (χ3n) is 3.91. The Balaban J connectivity index is 2.16. The number of aryl methyl sites for hydroxylation is 1. The van der Waals surface area contributed by atoms with Crippen LogP contribution in [0.4, 0.5) is 0 Å². The van der Waals surface area contributed by atoms with Crippen molar-refractivity contribution in [3.63, 3.8) is 0 Å². The highest BCUT2D eigenvalue weighted by Gasteiger charge is 2.31. The number of hydrogen-bond acceptors (Lipinski definition) is 4. The van der Waals surface area contributed by atoms with E-state index in [1.165, 1.54) is 0 Å². The van der Waals surface area contributed by atoms with E-state index in [0.29, 0.717) is 26.1 Å². The summed E-state index contributed by atoms with van der Waals surface area (Å²) in [6.07, 6.45) is 4.02. The van der Waals surface area contributed by atoms with Crippen LogP contribution in [0.3, 0.4) is 0 Å². The molecule has 2 rings (SSSR count). The molecule has 0 saturated heterocycles. The van der Waals surface area contributed by atoms with Gasteiger partial charge in [-0.1, -0.05) is 0 Å². The molecule has 0 amide bonds. The van der Waals surface area contributed by atoms with Gasteiger partial charge in [0.2, 0.25) is 10.0 Å². The first kappa shape index (κ1) is 15.5. The van der Waals surface area contributed by atoms with Crippen LogP contribution in [0.1, 0.15) is 31.0 Å². The fraction of sp³-hybridized carbons (Fsp3) is 0.769. The Hall–Kier alpha value is -0.920. The SMILES string of the molecule is COCCC(C)S(=O)(=O)N1CCCc2c(cnn2C)C1. The first-order valence-corrected chi connectivity index (χ1v) is 8.44. The van der Waals surface area contributed by atoms with E-state index in [2.05, 4.69) is 5.10 Å². The van der Waals surface area contributed by atoms with Crippen molar-refractivity contribution < 1.29 is 13.2 Å². The van der Waals surface area contributed by atoms with E-state index in [0.717, 1.165) is 24.1 Å². The minimum Gasteiger partial charge on any atom is -0.385 e. The normalized spacial score (nSPS) is 18.6. The lowest BCUT2D eigenvalue weighted by atomic mass is 10.2. The average Bonchev–Trinajstić information content (AvgIpc) is 2.65. The van der Waals surface area contributed by atoms with Gasteiger partial charge in [-0.05, 0) is 26.2 Å². The fourth-order valence-electron chi connectivity index (χ4n) is 2.56. The third kappa shape index (κ3) is 3.05. The lowest BCUT2D eigenvalue weighted by Gasteiger charge is -2.24. The van der Waals surface area contributed by atoms with E-state index in [9.17, 15) is 8.42 Å². The largest absolute Gasteiger partial charge is 0.385 e. The van der Waals surface area contributed by atoms with Gasteiger partial charge >= 0.3 is 0 Å². The van der Waals surface area contributed by atoms with Crippen molar-refractivity contribution in [3.05, 3.63) is 17.5 Å². The molecule has 1 aliphatic heterocycles. The van der Waals surface area contributed by atoms with Crippen molar-refractivity contribution in [1.82, 2.24) is 14.1 Å². The zero-order chi connectivity index (χ0) is 14.8. The molecule has 0 aromatic carbocycles. The summed E-state index contributed by atoms with van der Waals surface area (Å²) in [5.74, 6) is 0. The number of hydrogen-bond donors (Lipinski definition) is 0. The Morgan fingerprint density at radius 3 is 2.95 bits per heavy atom. The highest BCUT2D eigenvalue weighted by atomic mass is 32.2. The number of aromatic nitrogens is 2. The summed E-state index contributed by atoms with van der Waals surface area (Å²) >= 11 is 0. The predicted octanol–water partition coefficient (Wildman–Crippen LogP) is 0.923. The van der Waals surface area contributed by atoms with Gasteiger partial charge < -0.3 is 4.74 Å². The smallest absolute Gasteiger partial charge is 0.217 e. The second-order valence-electron chi connectivity index (χ2n) is 5.31. The summed E-state index contributed by atoms with van der Waals surface area (Å²) in [7, 11) is 0.223. The van der Waals surface area contributed by atoms with Gasteiger partial charge in [0, 0.05) is 45.1 Å². The third-order valence-corrected chi connectivity index (χ3v) is 6.20. The molecule has 0 N–H and O–H groups in total. The Morgan fingerprint density at radius 2 is 2.25 bits per heavy atom. The van der Waals surface area contributed by atoms with Gasteiger partial charge in [0.25, 0.3) is 0 Å². The van der Waals surface area contributed by atoms with Crippen LogP contribution in [-0.2, 0) is 34.8 Å². The van der Waals surface area contributed by atoms with Crippen molar-refractivity contribution in [1.29, 1.82) is 0 Å². The molecule has 0 saturated carbocycles. The summed E-state index contributed by atoms with van der Waals surface area (Å²) in [5.41, 5.74) is 2.17. The molecule has 114 valence electrons. The van der Waals surface area contributed by atoms with Crippen molar-refractivity contribution >= 4 is 10.0 Å². The van der Waals surface area contributed by atoms with Crippen LogP contribution in [0.15, 0.2) is 6.20 Å². The van der Waals surface area contributed by atoms with E-state index in [-0.39, 0.29) is 0 Å². The number of nitrogens with zero attached hydrogens (tertiary/aromatic N) is 3. The lowest BCUT2D eigenvalue weighted by molar-refractivity contribution is 0.194. The fourth-order valence-corrected chi connectivity index (χ4v) is 4.16. The number of sulfonamides is 1. The highest BCUT2D eigenvalue weighted by Crippen LogP contribution is 2.22. The summed E-state index contributed by atoms with van der Waals surface area (Å²) in [6, 6.07) is 0. The van der Waals surface area contributed by atoms with E-state index < -0.39 is 15.3 Å². The molecule has 0 spiro atoms. The van der Waals surface area contributed by atoms with Crippen LogP contribution >= 0.6 is 0 Å². The minimum atomic E-state index is -3.27. The lowest BCUT2D eigenvalue weighted by Crippen LogP contribution is -2.37. The molecule has 0 radical (unpaired) electrons. The van der Waals surface area contributed by atoms with Gasteiger partial charge in [0.05, 0.1) is 11.4 Å². The van der Waals surface area contributed by atoms with Gasteiger partial charge in [0.1, 0.15) is 0 Å². The molecule has 1 aromatic rings. The maximum atomic E-state index is 12.6. The predicted molar refractivity (Wildman–Crippen MR) is 76.8 cm³/mol. The quantitative estimate of drug-likeness (QED) is 0.811. The van der Waals surface area contributed by atoms with Crippen LogP contribution in [0.2, 0.25) is 0 Å². The molecule has 0 bridgehead atoms. The molecule has 1 aromatic heterocycles. The highest BCUT2D eigenvalue weighted by molar-refractivity contribution is 7.89. The molecular formula is C13H23N3O3S. The van der Waals surface area contributed by atoms with Crippen LogP contribution in [-0.4, -0.2) is 48.0 Å².